The van der Waals surface area contributed by atoms with Crippen LogP contribution in [0.3, 0.4) is 0 Å². The Morgan fingerprint density at radius 1 is 0.931 bits per heavy atom. The number of sulfonamides is 2. The Hall–Kier alpha value is -1.90. The maximum absolute atomic E-state index is 12.1. The van der Waals surface area contributed by atoms with Crippen LogP contribution >= 0.6 is 0 Å². The third-order valence-electron chi connectivity index (χ3n) is 5.27. The van der Waals surface area contributed by atoms with Crippen LogP contribution in [0, 0.1) is 0 Å². The van der Waals surface area contributed by atoms with Gasteiger partial charge < -0.3 is 0 Å². The van der Waals surface area contributed by atoms with Crippen LogP contribution in [-0.2, 0) is 20.0 Å². The summed E-state index contributed by atoms with van der Waals surface area (Å²) in [4.78, 5) is 0. The van der Waals surface area contributed by atoms with Crippen LogP contribution in [0.1, 0.15) is 44.6 Å². The number of benzene rings is 2. The molecule has 0 spiro atoms. The van der Waals surface area contributed by atoms with E-state index in [1.165, 1.54) is 5.56 Å². The molecule has 2 aromatic rings. The molecule has 158 valence electrons. The van der Waals surface area contributed by atoms with Crippen molar-refractivity contribution in [3.63, 3.8) is 0 Å². The molecule has 0 radical (unpaired) electrons. The van der Waals surface area contributed by atoms with Gasteiger partial charge in [-0.15, -0.1) is 0 Å². The molecule has 2 atom stereocenters. The van der Waals surface area contributed by atoms with E-state index in [1.54, 1.807) is 19.9 Å². The molecule has 0 heterocycles. The Morgan fingerprint density at radius 2 is 1.62 bits per heavy atom. The monoisotopic (exact) mass is 436 g/mol. The Labute approximate surface area is 173 Å². The molecule has 0 aliphatic heterocycles. The Balaban J connectivity index is 1.69. The van der Waals surface area contributed by atoms with Gasteiger partial charge in [0.15, 0.2) is 0 Å². The minimum atomic E-state index is -3.32. The van der Waals surface area contributed by atoms with E-state index in [4.69, 9.17) is 0 Å². The fraction of sp³-hybridized carbons (Fsp3) is 0.429. The van der Waals surface area contributed by atoms with Gasteiger partial charge in [0.2, 0.25) is 20.0 Å². The van der Waals surface area contributed by atoms with E-state index in [2.05, 4.69) is 21.6 Å². The first-order valence-corrected chi connectivity index (χ1v) is 13.2. The van der Waals surface area contributed by atoms with E-state index in [9.17, 15) is 16.8 Å². The van der Waals surface area contributed by atoms with Gasteiger partial charge >= 0.3 is 0 Å². The maximum Gasteiger partial charge on any atom is 0.229 e. The summed E-state index contributed by atoms with van der Waals surface area (Å²) in [6.07, 6.45) is 3.74. The molecule has 1 aliphatic carbocycles. The average Bonchev–Trinajstić information content (AvgIpc) is 3.08. The van der Waals surface area contributed by atoms with Crippen LogP contribution in [0.25, 0.3) is 11.1 Å². The van der Waals surface area contributed by atoms with Gasteiger partial charge in [-0.2, -0.15) is 0 Å². The molecule has 6 nitrogen and oxygen atoms in total. The Kier molecular flexibility index (Phi) is 6.36. The summed E-state index contributed by atoms with van der Waals surface area (Å²) < 4.78 is 52.4. The fourth-order valence-electron chi connectivity index (χ4n) is 3.68. The summed E-state index contributed by atoms with van der Waals surface area (Å²) >= 11 is 0. The second-order valence-electron chi connectivity index (χ2n) is 8.00. The number of rotatable bonds is 7. The topological polar surface area (TPSA) is 92.3 Å². The molecule has 2 N–H and O–H groups in total. The Bertz CT molecular complexity index is 1060. The van der Waals surface area contributed by atoms with Crippen LogP contribution in [0.2, 0.25) is 0 Å². The second kappa shape index (κ2) is 8.45. The minimum absolute atomic E-state index is 0.00850. The number of anilines is 1. The zero-order valence-electron chi connectivity index (χ0n) is 16.9. The van der Waals surface area contributed by atoms with E-state index in [0.717, 1.165) is 36.6 Å². The van der Waals surface area contributed by atoms with Crippen molar-refractivity contribution in [3.05, 3.63) is 54.1 Å². The van der Waals surface area contributed by atoms with Crippen LogP contribution in [0.4, 0.5) is 5.69 Å². The van der Waals surface area contributed by atoms with Crippen LogP contribution in [0.5, 0.6) is 0 Å². The minimum Gasteiger partial charge on any atom is -0.284 e. The van der Waals surface area contributed by atoms with Crippen molar-refractivity contribution in [1.82, 2.24) is 4.72 Å². The van der Waals surface area contributed by atoms with Crippen molar-refractivity contribution in [2.45, 2.75) is 50.3 Å². The molecule has 1 aliphatic rings. The summed E-state index contributed by atoms with van der Waals surface area (Å²) in [7, 11) is -6.56. The largest absolute Gasteiger partial charge is 0.284 e. The number of nitrogens with one attached hydrogen (secondary N) is 2. The summed E-state index contributed by atoms with van der Waals surface area (Å²) in [6, 6.07) is 15.5. The van der Waals surface area contributed by atoms with Crippen molar-refractivity contribution in [3.8, 4) is 11.1 Å². The lowest BCUT2D eigenvalue weighted by Crippen LogP contribution is -2.37. The number of hydrogen-bond acceptors (Lipinski definition) is 4. The molecule has 3 rings (SSSR count). The lowest BCUT2D eigenvalue weighted by Gasteiger charge is -2.16. The van der Waals surface area contributed by atoms with E-state index in [-0.39, 0.29) is 6.04 Å². The molecule has 1 saturated carbocycles. The highest BCUT2D eigenvalue weighted by Gasteiger charge is 2.30. The SMILES string of the molecule is CC(C)S(=O)(=O)NC1CCC(c2ccc(-c3cccc(NS(C)(=O)=O)c3)cc2)C1. The molecule has 0 bridgehead atoms. The zero-order chi connectivity index (χ0) is 21.2. The highest BCUT2D eigenvalue weighted by atomic mass is 32.2. The van der Waals surface area contributed by atoms with Crippen LogP contribution in [-0.4, -0.2) is 34.4 Å². The predicted octanol–water partition coefficient (Wildman–Crippen LogP) is 3.69. The van der Waals surface area contributed by atoms with E-state index >= 15 is 0 Å². The summed E-state index contributed by atoms with van der Waals surface area (Å²) in [5, 5.41) is -0.422. The van der Waals surface area contributed by atoms with E-state index in [0.29, 0.717) is 11.6 Å². The van der Waals surface area contributed by atoms with Gasteiger partial charge in [0.1, 0.15) is 0 Å². The van der Waals surface area contributed by atoms with Crippen LogP contribution < -0.4 is 9.44 Å². The van der Waals surface area contributed by atoms with Crippen molar-refractivity contribution < 1.29 is 16.8 Å². The Morgan fingerprint density at radius 3 is 2.24 bits per heavy atom. The number of hydrogen-bond donors (Lipinski definition) is 2. The second-order valence-corrected chi connectivity index (χ2v) is 12.0. The molecule has 29 heavy (non-hydrogen) atoms. The van der Waals surface area contributed by atoms with Crippen molar-refractivity contribution in [2.24, 2.45) is 0 Å². The van der Waals surface area contributed by atoms with Gasteiger partial charge in [-0.1, -0.05) is 36.4 Å². The summed E-state index contributed by atoms with van der Waals surface area (Å²) in [5.41, 5.74) is 3.66. The van der Waals surface area contributed by atoms with Gasteiger partial charge in [-0.25, -0.2) is 21.6 Å². The average molecular weight is 437 g/mol. The normalized spacial score (nSPS) is 20.1. The summed E-state index contributed by atoms with van der Waals surface area (Å²) in [6.45, 7) is 3.38. The lowest BCUT2D eigenvalue weighted by molar-refractivity contribution is 0.541. The van der Waals surface area contributed by atoms with Gasteiger partial charge in [0.25, 0.3) is 0 Å². The summed E-state index contributed by atoms with van der Waals surface area (Å²) in [5.74, 6) is 0.335. The van der Waals surface area contributed by atoms with Crippen molar-refractivity contribution >= 4 is 25.7 Å². The van der Waals surface area contributed by atoms with Gasteiger partial charge in [-0.3, -0.25) is 4.72 Å². The molecule has 0 amide bonds. The lowest BCUT2D eigenvalue weighted by atomic mass is 9.95. The molecular formula is C21H28N2O4S2. The van der Waals surface area contributed by atoms with Gasteiger partial charge in [0.05, 0.1) is 11.5 Å². The molecule has 0 aromatic heterocycles. The quantitative estimate of drug-likeness (QED) is 0.692. The molecule has 8 heteroatoms. The zero-order valence-corrected chi connectivity index (χ0v) is 18.6. The first-order valence-electron chi connectivity index (χ1n) is 9.73. The highest BCUT2D eigenvalue weighted by Crippen LogP contribution is 2.36. The van der Waals surface area contributed by atoms with Crippen molar-refractivity contribution in [2.75, 3.05) is 11.0 Å². The first-order chi connectivity index (χ1) is 13.5. The van der Waals surface area contributed by atoms with Crippen molar-refractivity contribution in [1.29, 1.82) is 0 Å². The van der Waals surface area contributed by atoms with Crippen LogP contribution in [0.15, 0.2) is 48.5 Å². The molecule has 0 saturated heterocycles. The maximum atomic E-state index is 12.1. The molecule has 1 fully saturated rings. The predicted molar refractivity (Wildman–Crippen MR) is 118 cm³/mol. The molecule has 2 aromatic carbocycles. The standard InChI is InChI=1S/C21H28N2O4S2/c1-15(2)29(26,27)23-21-12-11-19(14-21)17-9-7-16(8-10-17)18-5-4-6-20(13-18)22-28(3,24)25/h4-10,13,15,19,21-23H,11-12,14H2,1-3H3. The van der Waals surface area contributed by atoms with E-state index < -0.39 is 25.3 Å². The molecule has 2 unspecified atom stereocenters. The third-order valence-corrected chi connectivity index (χ3v) is 7.77. The molecular weight excluding hydrogens is 408 g/mol. The van der Waals surface area contributed by atoms with E-state index in [1.807, 2.05) is 30.3 Å². The first kappa shape index (κ1) is 21.8. The van der Waals surface area contributed by atoms with Gasteiger partial charge in [0, 0.05) is 11.7 Å². The van der Waals surface area contributed by atoms with Gasteiger partial charge in [-0.05, 0) is 67.9 Å². The smallest absolute Gasteiger partial charge is 0.229 e. The third kappa shape index (κ3) is 5.81. The highest BCUT2D eigenvalue weighted by molar-refractivity contribution is 7.92. The fourth-order valence-corrected chi connectivity index (χ4v) is 5.19.